The molecule has 0 saturated carbocycles. The van der Waals surface area contributed by atoms with Gasteiger partial charge in [-0.05, 0) is 72.0 Å². The van der Waals surface area contributed by atoms with Crippen LogP contribution in [0.1, 0.15) is 44.1 Å². The highest BCUT2D eigenvalue weighted by molar-refractivity contribution is 6.30. The highest BCUT2D eigenvalue weighted by Crippen LogP contribution is 2.40. The summed E-state index contributed by atoms with van der Waals surface area (Å²) in [4.78, 5) is 12.3. The van der Waals surface area contributed by atoms with Gasteiger partial charge in [0.1, 0.15) is 11.3 Å². The lowest BCUT2D eigenvalue weighted by molar-refractivity contribution is 0.0596. The summed E-state index contributed by atoms with van der Waals surface area (Å²) in [6.07, 6.45) is 0. The predicted octanol–water partition coefficient (Wildman–Crippen LogP) is 6.28. The van der Waals surface area contributed by atoms with E-state index in [0.717, 1.165) is 22.3 Å². The Morgan fingerprint density at radius 1 is 0.929 bits per heavy atom. The summed E-state index contributed by atoms with van der Waals surface area (Å²) in [5, 5.41) is 11.7. The van der Waals surface area contributed by atoms with Crippen LogP contribution in [0.3, 0.4) is 0 Å². The minimum absolute atomic E-state index is 0.0865. The Balaban J connectivity index is 2.30. The third-order valence-electron chi connectivity index (χ3n) is 4.90. The molecule has 144 valence electrons. The third kappa shape index (κ3) is 3.87. The maximum absolute atomic E-state index is 12.3. The van der Waals surface area contributed by atoms with E-state index in [2.05, 4.69) is 0 Å². The first-order chi connectivity index (χ1) is 13.3. The van der Waals surface area contributed by atoms with E-state index in [-0.39, 0.29) is 17.2 Å². The minimum Gasteiger partial charge on any atom is -0.507 e. The molecule has 3 nitrogen and oxygen atoms in total. The Kier molecular flexibility index (Phi) is 5.97. The summed E-state index contributed by atoms with van der Waals surface area (Å²) in [5.74, 6) is -0.822. The van der Waals surface area contributed by atoms with Crippen LogP contribution in [0, 0.1) is 13.8 Å². The van der Waals surface area contributed by atoms with E-state index in [1.165, 1.54) is 7.11 Å². The molecule has 0 fully saturated rings. The van der Waals surface area contributed by atoms with Crippen molar-refractivity contribution in [2.24, 2.45) is 0 Å². The molecule has 0 aliphatic rings. The second-order valence-corrected chi connectivity index (χ2v) is 7.53. The molecule has 28 heavy (non-hydrogen) atoms. The lowest BCUT2D eigenvalue weighted by atomic mass is 9.79. The third-order valence-corrected chi connectivity index (χ3v) is 5.40. The number of hydrogen-bond acceptors (Lipinski definition) is 3. The van der Waals surface area contributed by atoms with E-state index in [0.29, 0.717) is 15.6 Å². The van der Waals surface area contributed by atoms with Crippen LogP contribution in [0.15, 0.2) is 54.6 Å². The lowest BCUT2D eigenvalue weighted by Crippen LogP contribution is -2.12. The Hall–Kier alpha value is -2.49. The number of phenolic OH excluding ortho intramolecular Hbond substituents is 1. The van der Waals surface area contributed by atoms with Gasteiger partial charge in [0.2, 0.25) is 0 Å². The molecule has 0 unspecified atom stereocenters. The summed E-state index contributed by atoms with van der Waals surface area (Å²) in [6, 6.07) is 16.8. The molecule has 0 aliphatic heterocycles. The summed E-state index contributed by atoms with van der Waals surface area (Å²) in [5.41, 5.74) is 4.69. The van der Waals surface area contributed by atoms with Gasteiger partial charge < -0.3 is 9.84 Å². The van der Waals surface area contributed by atoms with Crippen molar-refractivity contribution in [2.75, 3.05) is 7.11 Å². The van der Waals surface area contributed by atoms with Crippen LogP contribution in [0.5, 0.6) is 5.75 Å². The first kappa shape index (κ1) is 20.2. The number of aryl methyl sites for hydroxylation is 1. The number of ether oxygens (including phenoxy) is 1. The number of methoxy groups -OCH3 is 1. The molecule has 0 spiro atoms. The van der Waals surface area contributed by atoms with Gasteiger partial charge >= 0.3 is 5.97 Å². The lowest BCUT2D eigenvalue weighted by Gasteiger charge is -2.25. The monoisotopic (exact) mass is 414 g/mol. The van der Waals surface area contributed by atoms with Crippen LogP contribution in [0.25, 0.3) is 0 Å². The fourth-order valence-electron chi connectivity index (χ4n) is 3.62. The van der Waals surface area contributed by atoms with Crippen LogP contribution in [0.2, 0.25) is 10.0 Å². The summed E-state index contributed by atoms with van der Waals surface area (Å²) in [7, 11) is 1.30. The molecule has 0 amide bonds. The first-order valence-electron chi connectivity index (χ1n) is 8.75. The van der Waals surface area contributed by atoms with Crippen LogP contribution < -0.4 is 0 Å². The quantitative estimate of drug-likeness (QED) is 0.403. The van der Waals surface area contributed by atoms with Gasteiger partial charge in [-0.2, -0.15) is 0 Å². The molecule has 3 aromatic rings. The van der Waals surface area contributed by atoms with Crippen molar-refractivity contribution < 1.29 is 14.6 Å². The van der Waals surface area contributed by atoms with Gasteiger partial charge in [0.25, 0.3) is 0 Å². The van der Waals surface area contributed by atoms with Crippen LogP contribution in [0.4, 0.5) is 0 Å². The van der Waals surface area contributed by atoms with Gasteiger partial charge in [-0.3, -0.25) is 0 Å². The van der Waals surface area contributed by atoms with E-state index in [1.807, 2.05) is 62.4 Å². The molecule has 3 rings (SSSR count). The van der Waals surface area contributed by atoms with Crippen molar-refractivity contribution in [2.45, 2.75) is 19.8 Å². The molecule has 0 bridgehead atoms. The van der Waals surface area contributed by atoms with E-state index in [4.69, 9.17) is 27.9 Å². The van der Waals surface area contributed by atoms with E-state index >= 15 is 0 Å². The average molecular weight is 415 g/mol. The van der Waals surface area contributed by atoms with Gasteiger partial charge in [0.15, 0.2) is 0 Å². The molecule has 5 heteroatoms. The fourth-order valence-corrected chi connectivity index (χ4v) is 3.87. The SMILES string of the molecule is COC(=O)c1c(O)cc(C)c(C(c2ccc(Cl)cc2)c2ccc(Cl)cc2)c1C. The number of benzene rings is 3. The number of esters is 1. The number of carbonyl (C=O) groups excluding carboxylic acids is 1. The second-order valence-electron chi connectivity index (χ2n) is 6.65. The average Bonchev–Trinajstić information content (AvgIpc) is 2.66. The van der Waals surface area contributed by atoms with Gasteiger partial charge in [0.05, 0.1) is 7.11 Å². The normalized spacial score (nSPS) is 10.9. The van der Waals surface area contributed by atoms with E-state index in [9.17, 15) is 9.90 Å². The number of phenols is 1. The van der Waals surface area contributed by atoms with Crippen molar-refractivity contribution in [3.63, 3.8) is 0 Å². The van der Waals surface area contributed by atoms with Gasteiger partial charge in [-0.15, -0.1) is 0 Å². The number of aromatic hydroxyl groups is 1. The molecule has 0 atom stereocenters. The van der Waals surface area contributed by atoms with Crippen molar-refractivity contribution >= 4 is 29.2 Å². The molecule has 1 N–H and O–H groups in total. The van der Waals surface area contributed by atoms with E-state index in [1.54, 1.807) is 6.07 Å². The maximum atomic E-state index is 12.3. The van der Waals surface area contributed by atoms with E-state index < -0.39 is 5.97 Å². The van der Waals surface area contributed by atoms with Crippen LogP contribution in [-0.2, 0) is 4.74 Å². The topological polar surface area (TPSA) is 46.5 Å². The van der Waals surface area contributed by atoms with Crippen LogP contribution >= 0.6 is 23.2 Å². The molecule has 0 aliphatic carbocycles. The second kappa shape index (κ2) is 8.26. The number of rotatable bonds is 4. The fraction of sp³-hybridized carbons (Fsp3) is 0.174. The standard InChI is InChI=1S/C23H20Cl2O3/c1-13-12-19(26)21(23(27)28-3)14(2)20(13)22(15-4-8-17(24)9-5-15)16-6-10-18(25)11-7-16/h4-12,22,26H,1-3H3. The minimum atomic E-state index is -0.567. The molecular weight excluding hydrogens is 395 g/mol. The molecule has 0 saturated heterocycles. The molecule has 0 heterocycles. The zero-order chi connectivity index (χ0) is 20.4. The van der Waals surface area contributed by atoms with Gasteiger partial charge in [-0.25, -0.2) is 4.79 Å². The van der Waals surface area contributed by atoms with Crippen molar-refractivity contribution in [3.8, 4) is 5.75 Å². The maximum Gasteiger partial charge on any atom is 0.341 e. The van der Waals surface area contributed by atoms with Crippen molar-refractivity contribution in [1.29, 1.82) is 0 Å². The predicted molar refractivity (Wildman–Crippen MR) is 113 cm³/mol. The summed E-state index contributed by atoms with van der Waals surface area (Å²) < 4.78 is 4.88. The molecule has 0 aromatic heterocycles. The number of carbonyl (C=O) groups is 1. The van der Waals surface area contributed by atoms with Crippen molar-refractivity contribution in [1.82, 2.24) is 0 Å². The number of hydrogen-bond donors (Lipinski definition) is 1. The molecule has 3 aromatic carbocycles. The zero-order valence-electron chi connectivity index (χ0n) is 15.8. The Bertz CT molecular complexity index is 964. The Morgan fingerprint density at radius 2 is 1.39 bits per heavy atom. The zero-order valence-corrected chi connectivity index (χ0v) is 17.3. The molecule has 0 radical (unpaired) electrons. The molecular formula is C23H20Cl2O3. The van der Waals surface area contributed by atoms with Gasteiger partial charge in [0, 0.05) is 16.0 Å². The number of halogens is 2. The van der Waals surface area contributed by atoms with Gasteiger partial charge in [-0.1, -0.05) is 47.5 Å². The summed E-state index contributed by atoms with van der Waals surface area (Å²) in [6.45, 7) is 3.75. The van der Waals surface area contributed by atoms with Crippen LogP contribution in [-0.4, -0.2) is 18.2 Å². The summed E-state index contributed by atoms with van der Waals surface area (Å²) >= 11 is 12.2. The Morgan fingerprint density at radius 3 is 1.82 bits per heavy atom. The highest BCUT2D eigenvalue weighted by atomic mass is 35.5. The first-order valence-corrected chi connectivity index (χ1v) is 9.51. The largest absolute Gasteiger partial charge is 0.507 e. The highest BCUT2D eigenvalue weighted by Gasteiger charge is 2.26. The van der Waals surface area contributed by atoms with Crippen molar-refractivity contribution in [3.05, 3.63) is 98.0 Å². The Labute approximate surface area is 174 Å². The smallest absolute Gasteiger partial charge is 0.341 e.